The van der Waals surface area contributed by atoms with Gasteiger partial charge in [-0.1, -0.05) is 48.4 Å². The lowest BCUT2D eigenvalue weighted by Crippen LogP contribution is -2.49. The Morgan fingerprint density at radius 2 is 1.72 bits per heavy atom. The highest BCUT2D eigenvalue weighted by atomic mass is 35.5. The van der Waals surface area contributed by atoms with Gasteiger partial charge in [0.15, 0.2) is 0 Å². The van der Waals surface area contributed by atoms with Gasteiger partial charge in [0.25, 0.3) is 0 Å². The molecule has 1 atom stereocenters. The first-order valence-corrected chi connectivity index (χ1v) is 9.87. The molecule has 1 unspecified atom stereocenters. The predicted octanol–water partition coefficient (Wildman–Crippen LogP) is 3.85. The minimum Gasteiger partial charge on any atom is -0.506 e. The van der Waals surface area contributed by atoms with E-state index in [1.54, 1.807) is 0 Å². The Labute approximate surface area is 174 Å². The van der Waals surface area contributed by atoms with Crippen molar-refractivity contribution in [3.05, 3.63) is 64.2 Å². The number of phenolic OH excluding ortho intramolecular Hbond substituents is 1. The van der Waals surface area contributed by atoms with Crippen LogP contribution in [0.3, 0.4) is 0 Å². The lowest BCUT2D eigenvalue weighted by molar-refractivity contribution is -0.159. The zero-order valence-electron chi connectivity index (χ0n) is 16.1. The molecule has 1 saturated carbocycles. The van der Waals surface area contributed by atoms with Gasteiger partial charge in [-0.3, -0.25) is 4.90 Å². The van der Waals surface area contributed by atoms with Gasteiger partial charge in [0, 0.05) is 18.0 Å². The second kappa shape index (κ2) is 8.43. The molecule has 2 aliphatic rings. The SMILES string of the molecule is CN1CCc2cc(Cl)c(O)cc2C1C1(c2ccccc2)CCC1.O=C(O)C(=O)O. The number of halogens is 1. The third-order valence-corrected chi connectivity index (χ3v) is 6.28. The molecular formula is C22H24ClNO5. The Kier molecular flexibility index (Phi) is 6.15. The molecule has 0 bridgehead atoms. The summed E-state index contributed by atoms with van der Waals surface area (Å²) in [7, 11) is 2.21. The maximum absolute atomic E-state index is 10.2. The Bertz CT molecular complexity index is 899. The van der Waals surface area contributed by atoms with Crippen LogP contribution >= 0.6 is 11.6 Å². The van der Waals surface area contributed by atoms with E-state index in [4.69, 9.17) is 31.4 Å². The number of carboxylic acids is 2. The van der Waals surface area contributed by atoms with E-state index in [2.05, 4.69) is 42.3 Å². The van der Waals surface area contributed by atoms with Crippen molar-refractivity contribution in [2.45, 2.75) is 37.1 Å². The van der Waals surface area contributed by atoms with Gasteiger partial charge >= 0.3 is 11.9 Å². The number of carboxylic acid groups (broad SMARTS) is 2. The van der Waals surface area contributed by atoms with Gasteiger partial charge in [0.1, 0.15) is 5.75 Å². The average Bonchev–Trinajstić information content (AvgIpc) is 2.65. The van der Waals surface area contributed by atoms with E-state index in [9.17, 15) is 5.11 Å². The smallest absolute Gasteiger partial charge is 0.414 e. The van der Waals surface area contributed by atoms with Gasteiger partial charge < -0.3 is 15.3 Å². The fourth-order valence-corrected chi connectivity index (χ4v) is 4.71. The number of aliphatic carboxylic acids is 2. The fraction of sp³-hybridized carbons (Fsp3) is 0.364. The van der Waals surface area contributed by atoms with E-state index in [1.807, 2.05) is 12.1 Å². The molecule has 2 aromatic carbocycles. The first-order chi connectivity index (χ1) is 13.8. The van der Waals surface area contributed by atoms with Gasteiger partial charge in [-0.05, 0) is 55.1 Å². The van der Waals surface area contributed by atoms with Crippen molar-refractivity contribution in [1.29, 1.82) is 0 Å². The number of carbonyl (C=O) groups is 2. The van der Waals surface area contributed by atoms with Crippen LogP contribution in [0.5, 0.6) is 5.75 Å². The molecule has 0 aromatic heterocycles. The van der Waals surface area contributed by atoms with Crippen molar-refractivity contribution in [3.63, 3.8) is 0 Å². The molecule has 0 saturated heterocycles. The normalized spacial score (nSPS) is 19.9. The van der Waals surface area contributed by atoms with Crippen molar-refractivity contribution in [1.82, 2.24) is 4.90 Å². The standard InChI is InChI=1S/C20H22ClNO.C2H2O4/c1-22-11-8-14-12-17(21)18(23)13-16(14)19(22)20(9-5-10-20)15-6-3-2-4-7-15;3-1(4)2(5)6/h2-4,6-7,12-13,19,23H,5,8-11H2,1H3;(H,3,4)(H,5,6). The highest BCUT2D eigenvalue weighted by Crippen LogP contribution is 2.56. The van der Waals surface area contributed by atoms with Crippen LogP contribution in [0.15, 0.2) is 42.5 Å². The second-order valence-corrected chi connectivity index (χ2v) is 8.03. The van der Waals surface area contributed by atoms with Crippen LogP contribution in [0, 0.1) is 0 Å². The molecule has 0 radical (unpaired) electrons. The maximum Gasteiger partial charge on any atom is 0.414 e. The van der Waals surface area contributed by atoms with Crippen molar-refractivity contribution in [2.24, 2.45) is 0 Å². The molecule has 0 amide bonds. The predicted molar refractivity (Wildman–Crippen MR) is 109 cm³/mol. The molecule has 29 heavy (non-hydrogen) atoms. The van der Waals surface area contributed by atoms with Gasteiger partial charge in [-0.15, -0.1) is 0 Å². The number of fused-ring (bicyclic) bond motifs is 1. The molecule has 3 N–H and O–H groups in total. The summed E-state index contributed by atoms with van der Waals surface area (Å²) < 4.78 is 0. The summed E-state index contributed by atoms with van der Waals surface area (Å²) >= 11 is 6.15. The molecule has 6 nitrogen and oxygen atoms in total. The quantitative estimate of drug-likeness (QED) is 0.642. The van der Waals surface area contributed by atoms with E-state index in [0.717, 1.165) is 13.0 Å². The number of benzene rings is 2. The van der Waals surface area contributed by atoms with Crippen LogP contribution in [0.2, 0.25) is 5.02 Å². The summed E-state index contributed by atoms with van der Waals surface area (Å²) in [6.07, 6.45) is 4.67. The summed E-state index contributed by atoms with van der Waals surface area (Å²) in [5.74, 6) is -3.45. The third kappa shape index (κ3) is 4.09. The lowest BCUT2D eigenvalue weighted by Gasteiger charge is -2.53. The number of hydrogen-bond donors (Lipinski definition) is 3. The van der Waals surface area contributed by atoms with Crippen molar-refractivity contribution in [2.75, 3.05) is 13.6 Å². The molecule has 154 valence electrons. The van der Waals surface area contributed by atoms with Crippen molar-refractivity contribution < 1.29 is 24.9 Å². The Morgan fingerprint density at radius 3 is 2.24 bits per heavy atom. The van der Waals surface area contributed by atoms with Crippen LogP contribution in [0.25, 0.3) is 0 Å². The lowest BCUT2D eigenvalue weighted by atomic mass is 9.57. The molecule has 1 aliphatic heterocycles. The summed E-state index contributed by atoms with van der Waals surface area (Å²) in [5.41, 5.74) is 4.12. The van der Waals surface area contributed by atoms with Gasteiger partial charge in [-0.2, -0.15) is 0 Å². The Balaban J connectivity index is 0.000000353. The maximum atomic E-state index is 10.2. The van der Waals surface area contributed by atoms with E-state index >= 15 is 0 Å². The molecule has 0 spiro atoms. The monoisotopic (exact) mass is 417 g/mol. The van der Waals surface area contributed by atoms with Gasteiger partial charge in [-0.25, -0.2) is 9.59 Å². The number of likely N-dealkylation sites (N-methyl/N-ethyl adjacent to an activating group) is 1. The fourth-order valence-electron chi connectivity index (χ4n) is 4.52. The molecule has 1 aliphatic carbocycles. The molecule has 4 rings (SSSR count). The number of nitrogens with zero attached hydrogens (tertiary/aromatic N) is 1. The summed E-state index contributed by atoms with van der Waals surface area (Å²) in [6.45, 7) is 1.04. The zero-order valence-corrected chi connectivity index (χ0v) is 16.9. The third-order valence-electron chi connectivity index (χ3n) is 5.98. The van der Waals surface area contributed by atoms with Crippen molar-refractivity contribution in [3.8, 4) is 5.75 Å². The number of hydrogen-bond acceptors (Lipinski definition) is 4. The van der Waals surface area contributed by atoms with Gasteiger partial charge in [0.2, 0.25) is 0 Å². The van der Waals surface area contributed by atoms with E-state index < -0.39 is 11.9 Å². The number of phenols is 1. The molecule has 1 heterocycles. The summed E-state index contributed by atoms with van der Waals surface area (Å²) in [4.78, 5) is 20.7. The highest BCUT2D eigenvalue weighted by Gasteiger charge is 2.49. The number of aromatic hydroxyl groups is 1. The van der Waals surface area contributed by atoms with E-state index in [1.165, 1.54) is 36.0 Å². The molecule has 2 aromatic rings. The Morgan fingerprint density at radius 1 is 1.10 bits per heavy atom. The molecular weight excluding hydrogens is 394 g/mol. The van der Waals surface area contributed by atoms with Crippen LogP contribution in [0.1, 0.15) is 42.0 Å². The summed E-state index contributed by atoms with van der Waals surface area (Å²) in [5, 5.41) is 25.4. The Hall–Kier alpha value is -2.57. The number of rotatable bonds is 2. The van der Waals surface area contributed by atoms with Crippen molar-refractivity contribution >= 4 is 23.5 Å². The molecule has 1 fully saturated rings. The topological polar surface area (TPSA) is 98.1 Å². The van der Waals surface area contributed by atoms with Crippen LogP contribution in [-0.4, -0.2) is 45.8 Å². The van der Waals surface area contributed by atoms with Gasteiger partial charge in [0.05, 0.1) is 5.02 Å². The highest BCUT2D eigenvalue weighted by molar-refractivity contribution is 6.32. The minimum absolute atomic E-state index is 0.158. The minimum atomic E-state index is -1.82. The average molecular weight is 418 g/mol. The van der Waals surface area contributed by atoms with E-state index in [-0.39, 0.29) is 11.2 Å². The second-order valence-electron chi connectivity index (χ2n) is 7.62. The zero-order chi connectivity index (χ0) is 21.2. The first-order valence-electron chi connectivity index (χ1n) is 9.49. The van der Waals surface area contributed by atoms with Crippen LogP contribution in [0.4, 0.5) is 0 Å². The van der Waals surface area contributed by atoms with E-state index in [0.29, 0.717) is 11.1 Å². The molecule has 7 heteroatoms. The van der Waals surface area contributed by atoms with Crippen LogP contribution < -0.4 is 0 Å². The summed E-state index contributed by atoms with van der Waals surface area (Å²) in [6, 6.07) is 15.1. The van der Waals surface area contributed by atoms with Crippen LogP contribution in [-0.2, 0) is 21.4 Å². The largest absolute Gasteiger partial charge is 0.506 e. The first kappa shape index (κ1) is 21.1.